The van der Waals surface area contributed by atoms with E-state index < -0.39 is 0 Å². The molecule has 1 amide bonds. The van der Waals surface area contributed by atoms with E-state index >= 15 is 0 Å². The zero-order chi connectivity index (χ0) is 18.5. The molecule has 1 fully saturated rings. The van der Waals surface area contributed by atoms with E-state index in [1.165, 1.54) is 0 Å². The van der Waals surface area contributed by atoms with Crippen LogP contribution in [0.5, 0.6) is 0 Å². The van der Waals surface area contributed by atoms with Crippen molar-refractivity contribution in [1.29, 1.82) is 0 Å². The first-order chi connectivity index (χ1) is 13.3. The molecule has 0 saturated heterocycles. The van der Waals surface area contributed by atoms with Gasteiger partial charge in [-0.1, -0.05) is 6.07 Å². The van der Waals surface area contributed by atoms with Crippen molar-refractivity contribution in [1.82, 2.24) is 30.0 Å². The van der Waals surface area contributed by atoms with Gasteiger partial charge in [0.05, 0.1) is 24.4 Å². The van der Waals surface area contributed by atoms with Gasteiger partial charge in [0.15, 0.2) is 0 Å². The molecule has 138 valence electrons. The van der Waals surface area contributed by atoms with Crippen molar-refractivity contribution in [2.45, 2.75) is 44.2 Å². The monoisotopic (exact) mass is 362 g/mol. The SMILES string of the molecule is O=C(Cc1cccnc1)NC1CCC(n2cc(-c3ccncn3)cn2)CC1. The highest BCUT2D eigenvalue weighted by Crippen LogP contribution is 2.29. The summed E-state index contributed by atoms with van der Waals surface area (Å²) in [5.74, 6) is 0.0663. The molecular weight excluding hydrogens is 340 g/mol. The number of hydrogen-bond donors (Lipinski definition) is 1. The lowest BCUT2D eigenvalue weighted by atomic mass is 9.91. The molecule has 3 heterocycles. The zero-order valence-electron chi connectivity index (χ0n) is 15.0. The van der Waals surface area contributed by atoms with Crippen LogP contribution >= 0.6 is 0 Å². The van der Waals surface area contributed by atoms with Crippen LogP contribution in [0.3, 0.4) is 0 Å². The fourth-order valence-corrected chi connectivity index (χ4v) is 3.58. The van der Waals surface area contributed by atoms with Gasteiger partial charge in [-0.3, -0.25) is 14.5 Å². The molecule has 3 aromatic heterocycles. The quantitative estimate of drug-likeness (QED) is 0.754. The van der Waals surface area contributed by atoms with Gasteiger partial charge in [-0.15, -0.1) is 0 Å². The summed E-state index contributed by atoms with van der Waals surface area (Å²) >= 11 is 0. The van der Waals surface area contributed by atoms with Crippen LogP contribution in [0.25, 0.3) is 11.3 Å². The average molecular weight is 362 g/mol. The number of hydrogen-bond acceptors (Lipinski definition) is 5. The van der Waals surface area contributed by atoms with Gasteiger partial charge >= 0.3 is 0 Å². The second kappa shape index (κ2) is 8.07. The van der Waals surface area contributed by atoms with E-state index in [4.69, 9.17) is 0 Å². The van der Waals surface area contributed by atoms with Crippen LogP contribution < -0.4 is 5.32 Å². The van der Waals surface area contributed by atoms with Crippen LogP contribution in [0.2, 0.25) is 0 Å². The van der Waals surface area contributed by atoms with Crippen LogP contribution in [0.1, 0.15) is 37.3 Å². The summed E-state index contributed by atoms with van der Waals surface area (Å²) in [6, 6.07) is 6.27. The fourth-order valence-electron chi connectivity index (χ4n) is 3.58. The third-order valence-corrected chi connectivity index (χ3v) is 5.00. The molecule has 1 saturated carbocycles. The summed E-state index contributed by atoms with van der Waals surface area (Å²) in [5, 5.41) is 7.68. The highest BCUT2D eigenvalue weighted by Gasteiger charge is 2.24. The van der Waals surface area contributed by atoms with E-state index in [0.29, 0.717) is 12.5 Å². The molecule has 0 aliphatic heterocycles. The lowest BCUT2D eigenvalue weighted by Gasteiger charge is -2.29. The standard InChI is InChI=1S/C20H22N6O/c27-20(10-15-2-1-8-21-11-15)25-17-3-5-18(6-4-17)26-13-16(12-24-26)19-7-9-22-14-23-19/h1-2,7-9,11-14,17-18H,3-6,10H2,(H,25,27). The van der Waals surface area contributed by atoms with Crippen molar-refractivity contribution in [3.8, 4) is 11.3 Å². The minimum Gasteiger partial charge on any atom is -0.353 e. The Balaban J connectivity index is 1.29. The van der Waals surface area contributed by atoms with Crippen molar-refractivity contribution < 1.29 is 4.79 Å². The van der Waals surface area contributed by atoms with E-state index in [1.807, 2.05) is 35.3 Å². The lowest BCUT2D eigenvalue weighted by molar-refractivity contribution is -0.121. The van der Waals surface area contributed by atoms with Crippen molar-refractivity contribution in [3.63, 3.8) is 0 Å². The number of rotatable bonds is 5. The Morgan fingerprint density at radius 3 is 2.74 bits per heavy atom. The number of amides is 1. The molecule has 3 aromatic rings. The van der Waals surface area contributed by atoms with E-state index in [0.717, 1.165) is 42.5 Å². The van der Waals surface area contributed by atoms with Crippen molar-refractivity contribution in [2.75, 3.05) is 0 Å². The number of pyridine rings is 1. The minimum absolute atomic E-state index is 0.0663. The molecule has 1 aliphatic carbocycles. The largest absolute Gasteiger partial charge is 0.353 e. The molecule has 27 heavy (non-hydrogen) atoms. The molecule has 0 aromatic carbocycles. The maximum atomic E-state index is 12.2. The molecule has 0 radical (unpaired) electrons. The molecule has 1 aliphatic rings. The lowest BCUT2D eigenvalue weighted by Crippen LogP contribution is -2.38. The average Bonchev–Trinajstić information content (AvgIpc) is 3.20. The maximum absolute atomic E-state index is 12.2. The molecule has 0 unspecified atom stereocenters. The minimum atomic E-state index is 0.0663. The predicted octanol–water partition coefficient (Wildman–Crippen LogP) is 2.58. The van der Waals surface area contributed by atoms with E-state index in [-0.39, 0.29) is 11.9 Å². The van der Waals surface area contributed by atoms with Gasteiger partial charge in [0.2, 0.25) is 5.91 Å². The second-order valence-corrected chi connectivity index (χ2v) is 6.91. The first-order valence-electron chi connectivity index (χ1n) is 9.27. The van der Waals surface area contributed by atoms with E-state index in [1.54, 1.807) is 24.9 Å². The maximum Gasteiger partial charge on any atom is 0.224 e. The van der Waals surface area contributed by atoms with Crippen LogP contribution in [0.15, 0.2) is 55.5 Å². The van der Waals surface area contributed by atoms with Gasteiger partial charge < -0.3 is 5.32 Å². The first kappa shape index (κ1) is 17.3. The molecular formula is C20H22N6O. The Morgan fingerprint density at radius 2 is 2.00 bits per heavy atom. The Bertz CT molecular complexity index is 872. The smallest absolute Gasteiger partial charge is 0.224 e. The van der Waals surface area contributed by atoms with Gasteiger partial charge in [-0.25, -0.2) is 9.97 Å². The fraction of sp³-hybridized carbons (Fsp3) is 0.350. The van der Waals surface area contributed by atoms with Crippen LogP contribution in [0.4, 0.5) is 0 Å². The van der Waals surface area contributed by atoms with Crippen LogP contribution in [-0.2, 0) is 11.2 Å². The molecule has 1 N–H and O–H groups in total. The number of aromatic nitrogens is 5. The normalized spacial score (nSPS) is 19.6. The van der Waals surface area contributed by atoms with Crippen LogP contribution in [0, 0.1) is 0 Å². The number of carbonyl (C=O) groups is 1. The Hall–Kier alpha value is -3.09. The summed E-state index contributed by atoms with van der Waals surface area (Å²) < 4.78 is 2.03. The molecule has 0 spiro atoms. The highest BCUT2D eigenvalue weighted by atomic mass is 16.1. The molecule has 7 nitrogen and oxygen atoms in total. The van der Waals surface area contributed by atoms with Gasteiger partial charge in [-0.2, -0.15) is 5.10 Å². The first-order valence-corrected chi connectivity index (χ1v) is 9.27. The van der Waals surface area contributed by atoms with Crippen molar-refractivity contribution in [3.05, 3.63) is 61.1 Å². The zero-order valence-corrected chi connectivity index (χ0v) is 15.0. The molecule has 4 rings (SSSR count). The molecule has 0 bridgehead atoms. The molecule has 0 atom stereocenters. The second-order valence-electron chi connectivity index (χ2n) is 6.91. The van der Waals surface area contributed by atoms with Crippen molar-refractivity contribution in [2.24, 2.45) is 0 Å². The van der Waals surface area contributed by atoms with Gasteiger partial charge in [-0.05, 0) is 43.4 Å². The third-order valence-electron chi connectivity index (χ3n) is 5.00. The number of carbonyl (C=O) groups excluding carboxylic acids is 1. The topological polar surface area (TPSA) is 85.6 Å². The Labute approximate surface area is 157 Å². The van der Waals surface area contributed by atoms with E-state index in [2.05, 4.69) is 25.4 Å². The summed E-state index contributed by atoms with van der Waals surface area (Å²) in [6.45, 7) is 0. The van der Waals surface area contributed by atoms with Gasteiger partial charge in [0.25, 0.3) is 0 Å². The van der Waals surface area contributed by atoms with Crippen LogP contribution in [-0.4, -0.2) is 36.7 Å². The Kier molecular flexibility index (Phi) is 5.18. The van der Waals surface area contributed by atoms with Gasteiger partial charge in [0, 0.05) is 36.4 Å². The summed E-state index contributed by atoms with van der Waals surface area (Å²) in [7, 11) is 0. The summed E-state index contributed by atoms with van der Waals surface area (Å²) in [5.41, 5.74) is 2.83. The summed E-state index contributed by atoms with van der Waals surface area (Å²) in [6.07, 6.45) is 15.0. The highest BCUT2D eigenvalue weighted by molar-refractivity contribution is 5.78. The predicted molar refractivity (Wildman–Crippen MR) is 101 cm³/mol. The summed E-state index contributed by atoms with van der Waals surface area (Å²) in [4.78, 5) is 24.5. The molecule has 7 heteroatoms. The number of nitrogens with zero attached hydrogens (tertiary/aromatic N) is 5. The Morgan fingerprint density at radius 1 is 1.11 bits per heavy atom. The third kappa shape index (κ3) is 4.36. The number of nitrogens with one attached hydrogen (secondary N) is 1. The van der Waals surface area contributed by atoms with Crippen molar-refractivity contribution >= 4 is 5.91 Å². The van der Waals surface area contributed by atoms with Gasteiger partial charge in [0.1, 0.15) is 6.33 Å². The van der Waals surface area contributed by atoms with E-state index in [9.17, 15) is 4.79 Å².